The van der Waals surface area contributed by atoms with Gasteiger partial charge >= 0.3 is 0 Å². The third-order valence-corrected chi connectivity index (χ3v) is 3.87. The molecule has 0 unspecified atom stereocenters. The van der Waals surface area contributed by atoms with Crippen LogP contribution in [0.4, 0.5) is 0 Å². The van der Waals surface area contributed by atoms with E-state index in [0.717, 1.165) is 24.1 Å². The lowest BCUT2D eigenvalue weighted by Crippen LogP contribution is -2.18. The van der Waals surface area contributed by atoms with Gasteiger partial charge in [-0.1, -0.05) is 0 Å². The molecule has 2 aromatic rings. The molecule has 2 N–H and O–H groups in total. The first-order chi connectivity index (χ1) is 8.98. The highest BCUT2D eigenvalue weighted by molar-refractivity contribution is 7.89. The molecule has 0 aromatic carbocycles. The molecule has 7 nitrogen and oxygen atoms in total. The maximum absolute atomic E-state index is 11.6. The number of aromatic nitrogens is 4. The van der Waals surface area contributed by atoms with Gasteiger partial charge in [0.15, 0.2) is 5.82 Å². The number of nitrogens with zero attached hydrogens (tertiary/aromatic N) is 4. The van der Waals surface area contributed by atoms with Gasteiger partial charge in [0.2, 0.25) is 0 Å². The predicted octanol–water partition coefficient (Wildman–Crippen LogP) is 0.631. The van der Waals surface area contributed by atoms with E-state index >= 15 is 0 Å². The van der Waals surface area contributed by atoms with E-state index in [4.69, 9.17) is 5.14 Å². The fourth-order valence-electron chi connectivity index (χ4n) is 2.04. The van der Waals surface area contributed by atoms with Crippen LogP contribution in [0.2, 0.25) is 0 Å². The summed E-state index contributed by atoms with van der Waals surface area (Å²) in [6.07, 6.45) is 3.50. The molecule has 19 heavy (non-hydrogen) atoms. The van der Waals surface area contributed by atoms with Crippen LogP contribution in [-0.2, 0) is 10.0 Å². The lowest BCUT2D eigenvalue weighted by atomic mass is 10.2. The Balaban J connectivity index is 2.24. The first-order valence-corrected chi connectivity index (χ1v) is 7.43. The number of hydrogen-bond acceptors (Lipinski definition) is 5. The quantitative estimate of drug-likeness (QED) is 0.887. The molecule has 100 valence electrons. The van der Waals surface area contributed by atoms with Gasteiger partial charge in [0.25, 0.3) is 15.2 Å². The van der Waals surface area contributed by atoms with Gasteiger partial charge in [0.05, 0.1) is 0 Å². The van der Waals surface area contributed by atoms with Crippen molar-refractivity contribution < 1.29 is 8.42 Å². The summed E-state index contributed by atoms with van der Waals surface area (Å²) in [5.74, 6) is 0.511. The molecular formula is C11H13N5O2S. The molecule has 3 rings (SSSR count). The third kappa shape index (κ3) is 2.13. The fraction of sp³-hybridized carbons (Fsp3) is 0.364. The third-order valence-electron chi connectivity index (χ3n) is 3.08. The number of primary sulfonamides is 1. The number of aryl methyl sites for hydroxylation is 1. The number of pyridine rings is 1. The van der Waals surface area contributed by atoms with Crippen LogP contribution in [0.3, 0.4) is 0 Å². The Morgan fingerprint density at radius 2 is 2.11 bits per heavy atom. The average molecular weight is 279 g/mol. The second-order valence-corrected chi connectivity index (χ2v) is 6.04. The molecule has 1 fully saturated rings. The van der Waals surface area contributed by atoms with Crippen molar-refractivity contribution in [1.82, 2.24) is 19.7 Å². The van der Waals surface area contributed by atoms with E-state index in [1.807, 2.05) is 13.0 Å². The van der Waals surface area contributed by atoms with Crippen LogP contribution in [0.15, 0.2) is 23.5 Å². The molecule has 0 spiro atoms. The Bertz CT molecular complexity index is 733. The van der Waals surface area contributed by atoms with E-state index in [9.17, 15) is 8.42 Å². The summed E-state index contributed by atoms with van der Waals surface area (Å²) >= 11 is 0. The zero-order chi connectivity index (χ0) is 13.6. The molecule has 1 saturated carbocycles. The molecule has 1 aliphatic carbocycles. The van der Waals surface area contributed by atoms with E-state index in [1.165, 1.54) is 0 Å². The van der Waals surface area contributed by atoms with E-state index in [-0.39, 0.29) is 11.2 Å². The Morgan fingerprint density at radius 1 is 1.37 bits per heavy atom. The number of hydrogen-bond donors (Lipinski definition) is 1. The highest BCUT2D eigenvalue weighted by Gasteiger charge is 2.33. The second-order valence-electron chi connectivity index (χ2n) is 4.59. The maximum Gasteiger partial charge on any atom is 0.273 e. The molecule has 0 bridgehead atoms. The Kier molecular flexibility index (Phi) is 2.64. The van der Waals surface area contributed by atoms with Crippen LogP contribution < -0.4 is 5.14 Å². The summed E-state index contributed by atoms with van der Waals surface area (Å²) in [6.45, 7) is 1.85. The van der Waals surface area contributed by atoms with Crippen LogP contribution in [-0.4, -0.2) is 28.2 Å². The molecule has 2 aromatic heterocycles. The molecule has 8 heteroatoms. The van der Waals surface area contributed by atoms with Gasteiger partial charge in [-0.2, -0.15) is 0 Å². The zero-order valence-electron chi connectivity index (χ0n) is 10.3. The van der Waals surface area contributed by atoms with Crippen molar-refractivity contribution in [3.63, 3.8) is 0 Å². The van der Waals surface area contributed by atoms with Gasteiger partial charge in [-0.25, -0.2) is 13.6 Å². The highest BCUT2D eigenvalue weighted by Crippen LogP contribution is 2.39. The summed E-state index contributed by atoms with van der Waals surface area (Å²) in [6, 6.07) is 3.74. The first kappa shape index (κ1) is 12.2. The van der Waals surface area contributed by atoms with Crippen molar-refractivity contribution in [3.8, 4) is 11.4 Å². The Labute approximate surface area is 110 Å². The smallest absolute Gasteiger partial charge is 0.273 e. The van der Waals surface area contributed by atoms with E-state index < -0.39 is 10.0 Å². The topological polar surface area (TPSA) is 104 Å². The normalized spacial score (nSPS) is 15.7. The second kappa shape index (κ2) is 4.10. The highest BCUT2D eigenvalue weighted by atomic mass is 32.2. The minimum absolute atomic E-state index is 0.109. The van der Waals surface area contributed by atoms with Crippen LogP contribution in [0.1, 0.15) is 24.6 Å². The number of nitrogens with two attached hydrogens (primary N) is 1. The summed E-state index contributed by atoms with van der Waals surface area (Å²) in [5.41, 5.74) is 1.55. The molecular weight excluding hydrogens is 266 g/mol. The molecule has 0 atom stereocenters. The van der Waals surface area contributed by atoms with Gasteiger partial charge in [0, 0.05) is 23.5 Å². The van der Waals surface area contributed by atoms with Gasteiger partial charge in [-0.05, 0) is 31.9 Å². The van der Waals surface area contributed by atoms with Crippen LogP contribution in [0.25, 0.3) is 11.4 Å². The van der Waals surface area contributed by atoms with Crippen LogP contribution in [0.5, 0.6) is 0 Å². The summed E-state index contributed by atoms with van der Waals surface area (Å²) < 4.78 is 24.7. The Morgan fingerprint density at radius 3 is 2.68 bits per heavy atom. The van der Waals surface area contributed by atoms with Crippen molar-refractivity contribution in [3.05, 3.63) is 24.0 Å². The summed E-state index contributed by atoms with van der Waals surface area (Å²) in [4.78, 5) is 4.19. The fourth-order valence-corrected chi connectivity index (χ4v) is 2.70. The van der Waals surface area contributed by atoms with Crippen molar-refractivity contribution in [1.29, 1.82) is 0 Å². The van der Waals surface area contributed by atoms with Gasteiger partial charge < -0.3 is 0 Å². The average Bonchev–Trinajstić information content (AvgIpc) is 3.07. The van der Waals surface area contributed by atoms with Crippen molar-refractivity contribution >= 4 is 10.0 Å². The van der Waals surface area contributed by atoms with E-state index in [2.05, 4.69) is 15.2 Å². The maximum atomic E-state index is 11.6. The minimum Gasteiger partial charge on any atom is -0.294 e. The van der Waals surface area contributed by atoms with Crippen LogP contribution >= 0.6 is 0 Å². The van der Waals surface area contributed by atoms with Crippen molar-refractivity contribution in [2.24, 2.45) is 5.14 Å². The molecule has 2 heterocycles. The summed E-state index contributed by atoms with van der Waals surface area (Å²) in [7, 11) is -3.87. The standard InChI is InChI=1S/C11H13N5O2S/c1-7-9(3-2-6-13-7)10-14-15-11(19(12,17)18)16(10)8-4-5-8/h2-3,6,8H,4-5H2,1H3,(H2,12,17,18). The minimum atomic E-state index is -3.87. The van der Waals surface area contributed by atoms with Gasteiger partial charge in [-0.15, -0.1) is 10.2 Å². The van der Waals surface area contributed by atoms with Crippen molar-refractivity contribution in [2.45, 2.75) is 31.0 Å². The van der Waals surface area contributed by atoms with Gasteiger partial charge in [-0.3, -0.25) is 9.55 Å². The van der Waals surface area contributed by atoms with E-state index in [0.29, 0.717) is 5.82 Å². The Hall–Kier alpha value is -1.80. The molecule has 0 radical (unpaired) electrons. The monoisotopic (exact) mass is 279 g/mol. The van der Waals surface area contributed by atoms with Crippen molar-refractivity contribution in [2.75, 3.05) is 0 Å². The largest absolute Gasteiger partial charge is 0.294 e. The first-order valence-electron chi connectivity index (χ1n) is 5.88. The predicted molar refractivity (Wildman–Crippen MR) is 67.6 cm³/mol. The lowest BCUT2D eigenvalue weighted by Gasteiger charge is -2.08. The van der Waals surface area contributed by atoms with Crippen LogP contribution in [0, 0.1) is 6.92 Å². The molecule has 0 aliphatic heterocycles. The molecule has 0 amide bonds. The zero-order valence-corrected chi connectivity index (χ0v) is 11.1. The number of sulfonamides is 1. The van der Waals surface area contributed by atoms with E-state index in [1.54, 1.807) is 16.8 Å². The molecule has 1 aliphatic rings. The molecule has 0 saturated heterocycles. The van der Waals surface area contributed by atoms with Gasteiger partial charge in [0.1, 0.15) is 0 Å². The number of rotatable bonds is 3. The lowest BCUT2D eigenvalue weighted by molar-refractivity contribution is 0.567. The summed E-state index contributed by atoms with van der Waals surface area (Å²) in [5, 5.41) is 12.7. The SMILES string of the molecule is Cc1ncccc1-c1nnc(S(N)(=O)=O)n1C1CC1.